The van der Waals surface area contributed by atoms with Crippen LogP contribution >= 0.6 is 0 Å². The number of hydrogen-bond acceptors (Lipinski definition) is 2. The Balaban J connectivity index is 0. The van der Waals surface area contributed by atoms with Gasteiger partial charge in [0.2, 0.25) is 0 Å². The van der Waals surface area contributed by atoms with E-state index < -0.39 is 5.97 Å². The van der Waals surface area contributed by atoms with Crippen LogP contribution < -0.4 is 5.32 Å². The third kappa shape index (κ3) is 10.7. The Bertz CT molecular complexity index is 56.9. The van der Waals surface area contributed by atoms with E-state index in [4.69, 9.17) is 5.11 Å². The first kappa shape index (κ1) is 10.1. The SMILES string of the molecule is CNCC(=O)O.[Zn]. The quantitative estimate of drug-likeness (QED) is 0.517. The van der Waals surface area contributed by atoms with Gasteiger partial charge >= 0.3 is 5.97 Å². The van der Waals surface area contributed by atoms with E-state index in [0.717, 1.165) is 0 Å². The topological polar surface area (TPSA) is 49.3 Å². The summed E-state index contributed by atoms with van der Waals surface area (Å²) in [5, 5.41) is 10.3. The molecule has 0 saturated carbocycles. The second kappa shape index (κ2) is 6.05. The molecule has 2 N–H and O–H groups in total. The van der Waals surface area contributed by atoms with Crippen LogP contribution in [0.5, 0.6) is 0 Å². The fourth-order valence-corrected chi connectivity index (χ4v) is 0.151. The number of carboxylic acids is 1. The molecule has 4 heteroatoms. The molecule has 0 heterocycles. The molecule has 0 fully saturated rings. The molecule has 0 rings (SSSR count). The largest absolute Gasteiger partial charge is 0.480 e. The molecule has 0 aliphatic heterocycles. The summed E-state index contributed by atoms with van der Waals surface area (Å²) in [4.78, 5) is 9.54. The maximum Gasteiger partial charge on any atom is 0.317 e. The normalized spacial score (nSPS) is 7.00. The van der Waals surface area contributed by atoms with Crippen molar-refractivity contribution in [3.05, 3.63) is 0 Å². The monoisotopic (exact) mass is 153 g/mol. The summed E-state index contributed by atoms with van der Waals surface area (Å²) in [6.07, 6.45) is 0. The predicted octanol–water partition coefficient (Wildman–Crippen LogP) is -0.712. The summed E-state index contributed by atoms with van der Waals surface area (Å²) in [7, 11) is 1.59. The maximum absolute atomic E-state index is 9.54. The van der Waals surface area contributed by atoms with Crippen LogP contribution in [0.4, 0.5) is 0 Å². The van der Waals surface area contributed by atoms with Crippen LogP contribution in [0.2, 0.25) is 0 Å². The van der Waals surface area contributed by atoms with Crippen molar-refractivity contribution in [2.45, 2.75) is 0 Å². The molecule has 0 aromatic heterocycles. The number of carbonyl (C=O) groups is 1. The molecule has 3 nitrogen and oxygen atoms in total. The summed E-state index contributed by atoms with van der Waals surface area (Å²) in [6.45, 7) is 0.0417. The number of carboxylic acid groups (broad SMARTS) is 1. The van der Waals surface area contributed by atoms with E-state index in [1.165, 1.54) is 0 Å². The van der Waals surface area contributed by atoms with E-state index in [1.54, 1.807) is 7.05 Å². The molecule has 7 heavy (non-hydrogen) atoms. The molecule has 0 aliphatic carbocycles. The maximum atomic E-state index is 9.54. The molecular weight excluding hydrogens is 147 g/mol. The fraction of sp³-hybridized carbons (Fsp3) is 0.667. The van der Waals surface area contributed by atoms with Crippen molar-refractivity contribution in [2.75, 3.05) is 13.6 Å². The van der Waals surface area contributed by atoms with E-state index in [9.17, 15) is 4.79 Å². The van der Waals surface area contributed by atoms with E-state index in [-0.39, 0.29) is 26.0 Å². The third-order valence-electron chi connectivity index (χ3n) is 0.328. The molecule has 0 aromatic rings. The number of rotatable bonds is 2. The van der Waals surface area contributed by atoms with Crippen molar-refractivity contribution in [3.8, 4) is 0 Å². The van der Waals surface area contributed by atoms with E-state index in [1.807, 2.05) is 0 Å². The van der Waals surface area contributed by atoms with Gasteiger partial charge < -0.3 is 10.4 Å². The average Bonchev–Trinajstić information content (AvgIpc) is 1.35. The summed E-state index contributed by atoms with van der Waals surface area (Å²) in [5.41, 5.74) is 0. The van der Waals surface area contributed by atoms with Gasteiger partial charge in [-0.1, -0.05) is 0 Å². The third-order valence-corrected chi connectivity index (χ3v) is 0.328. The van der Waals surface area contributed by atoms with Crippen molar-refractivity contribution < 1.29 is 29.4 Å². The molecule has 0 aliphatic rings. The first-order valence-corrected chi connectivity index (χ1v) is 1.63. The minimum atomic E-state index is -0.822. The number of hydrogen-bond donors (Lipinski definition) is 2. The number of aliphatic carboxylic acids is 1. The summed E-state index contributed by atoms with van der Waals surface area (Å²) in [6, 6.07) is 0. The molecule has 0 saturated heterocycles. The molecular formula is C3H7NO2Zn. The standard InChI is InChI=1S/C3H7NO2.Zn/c1-4-2-3(5)6;/h4H,2H2,1H3,(H,5,6);. The minimum absolute atomic E-state index is 0. The van der Waals surface area contributed by atoms with Crippen molar-refractivity contribution in [1.82, 2.24) is 5.32 Å². The van der Waals surface area contributed by atoms with Gasteiger partial charge in [-0.25, -0.2) is 0 Å². The fourth-order valence-electron chi connectivity index (χ4n) is 0.151. The summed E-state index contributed by atoms with van der Waals surface area (Å²) < 4.78 is 0. The summed E-state index contributed by atoms with van der Waals surface area (Å²) in [5.74, 6) is -0.822. The van der Waals surface area contributed by atoms with E-state index in [0.29, 0.717) is 0 Å². The molecule has 0 amide bonds. The van der Waals surface area contributed by atoms with E-state index in [2.05, 4.69) is 5.32 Å². The smallest absolute Gasteiger partial charge is 0.317 e. The van der Waals surface area contributed by atoms with Gasteiger partial charge in [-0.05, 0) is 7.05 Å². The van der Waals surface area contributed by atoms with Gasteiger partial charge in [-0.3, -0.25) is 4.79 Å². The molecule has 0 aromatic carbocycles. The molecule has 0 bridgehead atoms. The average molecular weight is 154 g/mol. The van der Waals surface area contributed by atoms with Crippen LogP contribution in [0.3, 0.4) is 0 Å². The van der Waals surface area contributed by atoms with Gasteiger partial charge in [0.15, 0.2) is 0 Å². The number of likely N-dealkylation sites (N-methyl/N-ethyl adjacent to an activating group) is 1. The molecule has 0 spiro atoms. The van der Waals surface area contributed by atoms with Crippen molar-refractivity contribution in [2.24, 2.45) is 0 Å². The van der Waals surface area contributed by atoms with E-state index >= 15 is 0 Å². The second-order valence-corrected chi connectivity index (χ2v) is 0.924. The van der Waals surface area contributed by atoms with Crippen molar-refractivity contribution in [3.63, 3.8) is 0 Å². The Kier molecular flexibility index (Phi) is 8.75. The van der Waals surface area contributed by atoms with Gasteiger partial charge in [0.25, 0.3) is 0 Å². The zero-order valence-corrected chi connectivity index (χ0v) is 7.24. The molecule has 0 radical (unpaired) electrons. The Morgan fingerprint density at radius 2 is 2.29 bits per heavy atom. The first-order valence-electron chi connectivity index (χ1n) is 1.63. The van der Waals surface area contributed by atoms with Crippen molar-refractivity contribution in [1.29, 1.82) is 0 Å². The minimum Gasteiger partial charge on any atom is -0.480 e. The van der Waals surface area contributed by atoms with Gasteiger partial charge in [-0.15, -0.1) is 0 Å². The Morgan fingerprint density at radius 3 is 2.29 bits per heavy atom. The van der Waals surface area contributed by atoms with Crippen LogP contribution in [-0.4, -0.2) is 24.7 Å². The van der Waals surface area contributed by atoms with Crippen LogP contribution in [0.1, 0.15) is 0 Å². The van der Waals surface area contributed by atoms with Gasteiger partial charge in [0, 0.05) is 19.5 Å². The molecule has 0 unspecified atom stereocenters. The van der Waals surface area contributed by atoms with Gasteiger partial charge in [-0.2, -0.15) is 0 Å². The van der Waals surface area contributed by atoms with Gasteiger partial charge in [0.1, 0.15) is 0 Å². The van der Waals surface area contributed by atoms with Gasteiger partial charge in [0.05, 0.1) is 6.54 Å². The van der Waals surface area contributed by atoms with Crippen molar-refractivity contribution >= 4 is 5.97 Å². The Morgan fingerprint density at radius 1 is 1.86 bits per heavy atom. The zero-order chi connectivity index (χ0) is 4.99. The number of nitrogens with one attached hydrogen (secondary N) is 1. The predicted molar refractivity (Wildman–Crippen MR) is 21.6 cm³/mol. The zero-order valence-electron chi connectivity index (χ0n) is 4.27. The van der Waals surface area contributed by atoms with Crippen LogP contribution in [0, 0.1) is 0 Å². The van der Waals surface area contributed by atoms with Crippen LogP contribution in [0.25, 0.3) is 0 Å². The second-order valence-electron chi connectivity index (χ2n) is 0.924. The Hall–Kier alpha value is 0.0534. The van der Waals surface area contributed by atoms with Crippen LogP contribution in [0.15, 0.2) is 0 Å². The molecule has 0 atom stereocenters. The Labute approximate surface area is 54.9 Å². The first-order chi connectivity index (χ1) is 2.77. The molecule has 38 valence electrons. The summed E-state index contributed by atoms with van der Waals surface area (Å²) >= 11 is 0. The van der Waals surface area contributed by atoms with Crippen LogP contribution in [-0.2, 0) is 24.3 Å².